The van der Waals surface area contributed by atoms with Gasteiger partial charge in [0.15, 0.2) is 0 Å². The van der Waals surface area contributed by atoms with Crippen LogP contribution in [0.3, 0.4) is 0 Å². The Morgan fingerprint density at radius 1 is 0.957 bits per heavy atom. The van der Waals surface area contributed by atoms with Crippen molar-refractivity contribution in [2.24, 2.45) is 0 Å². The summed E-state index contributed by atoms with van der Waals surface area (Å²) in [4.78, 5) is 19.9. The van der Waals surface area contributed by atoms with Crippen molar-refractivity contribution < 1.29 is 18.3 Å². The van der Waals surface area contributed by atoms with Gasteiger partial charge in [-0.15, -0.1) is 0 Å². The van der Waals surface area contributed by atoms with Crippen molar-refractivity contribution in [2.45, 2.75) is 11.8 Å². The maximum absolute atomic E-state index is 12.2. The highest BCUT2D eigenvalue weighted by atomic mass is 32.2. The predicted molar refractivity (Wildman–Crippen MR) is 81.7 cm³/mol. The average Bonchev–Trinajstić information content (AvgIpc) is 2.47. The second-order valence-corrected chi connectivity index (χ2v) is 6.32. The number of nitrogens with one attached hydrogen (secondary N) is 1. The molecule has 0 heterocycles. The molecule has 0 unspecified atom stereocenters. The maximum atomic E-state index is 12.2. The normalized spacial score (nSPS) is 11.0. The lowest BCUT2D eigenvalue weighted by atomic mass is 10.2. The summed E-state index contributed by atoms with van der Waals surface area (Å²) in [7, 11) is -4.04. The lowest BCUT2D eigenvalue weighted by molar-refractivity contribution is -0.393. The molecule has 0 saturated carbocycles. The highest BCUT2D eigenvalue weighted by molar-refractivity contribution is 7.92. The standard InChI is InChI=1S/C13H11N3O6S/c1-9-2-5-11(6-3-9)23(21,22)14-12-7-4-10(15(17)18)8-13(12)16(19)20/h2-8,14H,1H3. The number of nitrogens with zero attached hydrogens (tertiary/aromatic N) is 2. The van der Waals surface area contributed by atoms with Crippen molar-refractivity contribution in [3.05, 3.63) is 68.3 Å². The van der Waals surface area contributed by atoms with Gasteiger partial charge in [0.05, 0.1) is 20.8 Å². The third kappa shape index (κ3) is 3.61. The van der Waals surface area contributed by atoms with Crippen molar-refractivity contribution >= 4 is 27.1 Å². The smallest absolute Gasteiger partial charge is 0.273 e. The van der Waals surface area contributed by atoms with E-state index >= 15 is 0 Å². The first kappa shape index (κ1) is 16.4. The van der Waals surface area contributed by atoms with Crippen LogP contribution in [0.25, 0.3) is 0 Å². The Morgan fingerprint density at radius 3 is 2.09 bits per heavy atom. The number of anilines is 1. The number of sulfonamides is 1. The number of nitro benzene ring substituents is 2. The van der Waals surface area contributed by atoms with Crippen LogP contribution in [0.5, 0.6) is 0 Å². The zero-order valence-electron chi connectivity index (χ0n) is 11.8. The molecule has 1 N–H and O–H groups in total. The maximum Gasteiger partial charge on any atom is 0.300 e. The number of non-ortho nitro benzene ring substituents is 1. The summed E-state index contributed by atoms with van der Waals surface area (Å²) in [6.07, 6.45) is 0. The molecule has 9 nitrogen and oxygen atoms in total. The van der Waals surface area contributed by atoms with E-state index in [0.717, 1.165) is 17.7 Å². The lowest BCUT2D eigenvalue weighted by Crippen LogP contribution is -2.14. The minimum absolute atomic E-state index is 0.0734. The molecule has 23 heavy (non-hydrogen) atoms. The quantitative estimate of drug-likeness (QED) is 0.658. The van der Waals surface area contributed by atoms with Crippen LogP contribution >= 0.6 is 0 Å². The molecule has 2 aromatic carbocycles. The molecule has 0 atom stereocenters. The van der Waals surface area contributed by atoms with Crippen LogP contribution in [0, 0.1) is 27.2 Å². The topological polar surface area (TPSA) is 132 Å². The van der Waals surface area contributed by atoms with Crippen molar-refractivity contribution in [1.29, 1.82) is 0 Å². The van der Waals surface area contributed by atoms with Gasteiger partial charge >= 0.3 is 0 Å². The highest BCUT2D eigenvalue weighted by Gasteiger charge is 2.23. The Kier molecular flexibility index (Phi) is 4.27. The molecular weight excluding hydrogens is 326 g/mol. The summed E-state index contributed by atoms with van der Waals surface area (Å²) in [5.41, 5.74) is -0.698. The van der Waals surface area contributed by atoms with Crippen LogP contribution in [0.2, 0.25) is 0 Å². The summed E-state index contributed by atoms with van der Waals surface area (Å²) in [5.74, 6) is 0. The molecule has 10 heteroatoms. The van der Waals surface area contributed by atoms with E-state index in [1.165, 1.54) is 12.1 Å². The summed E-state index contributed by atoms with van der Waals surface area (Å²) in [6.45, 7) is 1.78. The Balaban J connectivity index is 2.44. The molecule has 0 aliphatic rings. The largest absolute Gasteiger partial charge is 0.300 e. The zero-order chi connectivity index (χ0) is 17.2. The van der Waals surface area contributed by atoms with E-state index in [1.807, 2.05) is 0 Å². The van der Waals surface area contributed by atoms with Gasteiger partial charge in [0.25, 0.3) is 21.4 Å². The first-order valence-corrected chi connectivity index (χ1v) is 7.71. The predicted octanol–water partition coefficient (Wildman–Crippen LogP) is 2.61. The van der Waals surface area contributed by atoms with Gasteiger partial charge in [-0.25, -0.2) is 8.42 Å². The van der Waals surface area contributed by atoms with Crippen LogP contribution in [-0.4, -0.2) is 18.3 Å². The van der Waals surface area contributed by atoms with E-state index < -0.39 is 31.2 Å². The Morgan fingerprint density at radius 2 is 1.57 bits per heavy atom. The molecule has 0 saturated heterocycles. The van der Waals surface area contributed by atoms with Crippen molar-refractivity contribution in [3.8, 4) is 0 Å². The number of aryl methyl sites for hydroxylation is 1. The van der Waals surface area contributed by atoms with E-state index in [0.29, 0.717) is 6.07 Å². The van der Waals surface area contributed by atoms with E-state index in [-0.39, 0.29) is 10.6 Å². The third-order valence-corrected chi connectivity index (χ3v) is 4.35. The van der Waals surface area contributed by atoms with Gasteiger partial charge in [0, 0.05) is 6.07 Å². The molecular formula is C13H11N3O6S. The van der Waals surface area contributed by atoms with Crippen LogP contribution in [-0.2, 0) is 10.0 Å². The summed E-state index contributed by atoms with van der Waals surface area (Å²) in [6, 6.07) is 8.55. The molecule has 0 aliphatic carbocycles. The number of hydrogen-bond donors (Lipinski definition) is 1. The third-order valence-electron chi connectivity index (χ3n) is 2.96. The lowest BCUT2D eigenvalue weighted by Gasteiger charge is -2.08. The first-order valence-electron chi connectivity index (χ1n) is 6.23. The molecule has 0 aliphatic heterocycles. The molecule has 0 aromatic heterocycles. The minimum atomic E-state index is -4.04. The molecule has 120 valence electrons. The fourth-order valence-electron chi connectivity index (χ4n) is 1.79. The van der Waals surface area contributed by atoms with Crippen molar-refractivity contribution in [2.75, 3.05) is 4.72 Å². The van der Waals surface area contributed by atoms with Gasteiger partial charge in [-0.2, -0.15) is 0 Å². The number of rotatable bonds is 5. The summed E-state index contributed by atoms with van der Waals surface area (Å²) >= 11 is 0. The van der Waals surface area contributed by atoms with Crippen LogP contribution < -0.4 is 4.72 Å². The molecule has 2 aromatic rings. The zero-order valence-corrected chi connectivity index (χ0v) is 12.6. The van der Waals surface area contributed by atoms with E-state index in [4.69, 9.17) is 0 Å². The Hall–Kier alpha value is -3.01. The van der Waals surface area contributed by atoms with Crippen LogP contribution in [0.4, 0.5) is 17.1 Å². The number of hydrogen-bond acceptors (Lipinski definition) is 6. The highest BCUT2D eigenvalue weighted by Crippen LogP contribution is 2.30. The van der Waals surface area contributed by atoms with Gasteiger partial charge in [-0.05, 0) is 25.1 Å². The number of benzene rings is 2. The fraction of sp³-hybridized carbons (Fsp3) is 0.0769. The SMILES string of the molecule is Cc1ccc(S(=O)(=O)Nc2ccc([N+](=O)[O-])cc2[N+](=O)[O-])cc1. The van der Waals surface area contributed by atoms with Gasteiger partial charge in [-0.1, -0.05) is 17.7 Å². The van der Waals surface area contributed by atoms with Crippen LogP contribution in [0.1, 0.15) is 5.56 Å². The van der Waals surface area contributed by atoms with E-state index in [1.54, 1.807) is 19.1 Å². The molecule has 0 radical (unpaired) electrons. The van der Waals surface area contributed by atoms with Gasteiger partial charge in [-0.3, -0.25) is 25.0 Å². The average molecular weight is 337 g/mol. The second-order valence-electron chi connectivity index (χ2n) is 4.63. The summed E-state index contributed by atoms with van der Waals surface area (Å²) in [5, 5.41) is 21.7. The first-order chi connectivity index (χ1) is 10.7. The van der Waals surface area contributed by atoms with Crippen molar-refractivity contribution in [1.82, 2.24) is 0 Å². The van der Waals surface area contributed by atoms with Gasteiger partial charge < -0.3 is 0 Å². The molecule has 2 rings (SSSR count). The number of nitro groups is 2. The molecule has 0 fully saturated rings. The van der Waals surface area contributed by atoms with E-state index in [9.17, 15) is 28.6 Å². The Bertz CT molecular complexity index is 877. The molecule has 0 bridgehead atoms. The fourth-order valence-corrected chi connectivity index (χ4v) is 2.87. The molecule has 0 spiro atoms. The monoisotopic (exact) mass is 337 g/mol. The minimum Gasteiger partial charge on any atom is -0.273 e. The van der Waals surface area contributed by atoms with Gasteiger partial charge in [0.1, 0.15) is 5.69 Å². The Labute approximate surface area is 130 Å². The van der Waals surface area contributed by atoms with Crippen molar-refractivity contribution in [3.63, 3.8) is 0 Å². The van der Waals surface area contributed by atoms with E-state index in [2.05, 4.69) is 4.72 Å². The summed E-state index contributed by atoms with van der Waals surface area (Å²) < 4.78 is 26.6. The molecule has 0 amide bonds. The van der Waals surface area contributed by atoms with Gasteiger partial charge in [0.2, 0.25) is 0 Å². The second kappa shape index (κ2) is 6.01. The van der Waals surface area contributed by atoms with Crippen LogP contribution in [0.15, 0.2) is 47.4 Å².